The van der Waals surface area contributed by atoms with Gasteiger partial charge in [0.05, 0.1) is 4.92 Å². The van der Waals surface area contributed by atoms with Crippen LogP contribution in [-0.4, -0.2) is 4.92 Å². The monoisotopic (exact) mass is 319 g/mol. The Labute approximate surface area is 132 Å². The molecule has 0 atom stereocenters. The molecular weight excluding hydrogens is 309 g/mol. The van der Waals surface area contributed by atoms with Crippen molar-refractivity contribution in [1.29, 1.82) is 0 Å². The second-order valence-corrected chi connectivity index (χ2v) is 5.08. The van der Waals surface area contributed by atoms with Crippen LogP contribution in [-0.2, 0) is 0 Å². The first-order valence-corrected chi connectivity index (χ1v) is 6.86. The molecule has 21 heavy (non-hydrogen) atoms. The van der Waals surface area contributed by atoms with E-state index in [1.165, 1.54) is 12.1 Å². The maximum Gasteiger partial charge on any atom is 0.269 e. The third-order valence-corrected chi connectivity index (χ3v) is 3.30. The SMILES string of the molecule is O=[N+]([O-])c1ccc(/C=C\C=C\c2ccc(Cl)cc2Cl)cc1. The maximum absolute atomic E-state index is 10.5. The van der Waals surface area contributed by atoms with Gasteiger partial charge in [-0.3, -0.25) is 10.1 Å². The van der Waals surface area contributed by atoms with Gasteiger partial charge in [0.1, 0.15) is 0 Å². The van der Waals surface area contributed by atoms with Gasteiger partial charge in [0, 0.05) is 22.2 Å². The minimum absolute atomic E-state index is 0.0793. The number of nitrogens with zero attached hydrogens (tertiary/aromatic N) is 1. The highest BCUT2D eigenvalue weighted by molar-refractivity contribution is 6.35. The average Bonchev–Trinajstić information content (AvgIpc) is 2.46. The van der Waals surface area contributed by atoms with Gasteiger partial charge in [-0.15, -0.1) is 0 Å². The minimum Gasteiger partial charge on any atom is -0.258 e. The maximum atomic E-state index is 10.5. The zero-order valence-corrected chi connectivity index (χ0v) is 12.4. The summed E-state index contributed by atoms with van der Waals surface area (Å²) in [4.78, 5) is 10.1. The number of halogens is 2. The van der Waals surface area contributed by atoms with Crippen molar-refractivity contribution < 1.29 is 4.92 Å². The van der Waals surface area contributed by atoms with Gasteiger partial charge in [-0.1, -0.05) is 53.6 Å². The Balaban J connectivity index is 2.04. The largest absolute Gasteiger partial charge is 0.269 e. The molecule has 2 aromatic rings. The summed E-state index contributed by atoms with van der Waals surface area (Å²) in [6.07, 6.45) is 7.40. The Kier molecular flexibility index (Phi) is 5.14. The van der Waals surface area contributed by atoms with Gasteiger partial charge in [-0.2, -0.15) is 0 Å². The number of non-ortho nitro benzene ring substituents is 1. The summed E-state index contributed by atoms with van der Waals surface area (Å²) < 4.78 is 0. The molecule has 106 valence electrons. The van der Waals surface area contributed by atoms with E-state index in [2.05, 4.69) is 0 Å². The van der Waals surface area contributed by atoms with Crippen molar-refractivity contribution >= 4 is 41.0 Å². The molecule has 0 amide bonds. The molecular formula is C16H11Cl2NO2. The molecule has 0 aliphatic rings. The predicted octanol–water partition coefficient (Wildman–Crippen LogP) is 5.63. The molecule has 5 heteroatoms. The van der Waals surface area contributed by atoms with Crippen molar-refractivity contribution in [3.8, 4) is 0 Å². The van der Waals surface area contributed by atoms with Crippen molar-refractivity contribution in [2.24, 2.45) is 0 Å². The number of hydrogen-bond donors (Lipinski definition) is 0. The summed E-state index contributed by atoms with van der Waals surface area (Å²) in [6.45, 7) is 0. The molecule has 0 saturated carbocycles. The minimum atomic E-state index is -0.421. The van der Waals surface area contributed by atoms with Gasteiger partial charge in [-0.05, 0) is 35.4 Å². The molecule has 0 spiro atoms. The van der Waals surface area contributed by atoms with Gasteiger partial charge in [0.2, 0.25) is 0 Å². The number of benzene rings is 2. The Morgan fingerprint density at radius 1 is 0.952 bits per heavy atom. The van der Waals surface area contributed by atoms with Gasteiger partial charge < -0.3 is 0 Å². The highest BCUT2D eigenvalue weighted by atomic mass is 35.5. The Bertz CT molecular complexity index is 707. The van der Waals surface area contributed by atoms with Crippen LogP contribution >= 0.6 is 23.2 Å². The molecule has 0 aliphatic carbocycles. The summed E-state index contributed by atoms with van der Waals surface area (Å²) in [5.74, 6) is 0. The van der Waals surface area contributed by atoms with Gasteiger partial charge >= 0.3 is 0 Å². The first kappa shape index (κ1) is 15.3. The highest BCUT2D eigenvalue weighted by Gasteiger charge is 2.01. The van der Waals surface area contributed by atoms with E-state index in [0.29, 0.717) is 10.0 Å². The van der Waals surface area contributed by atoms with Crippen molar-refractivity contribution in [2.45, 2.75) is 0 Å². The summed E-state index contributed by atoms with van der Waals surface area (Å²) >= 11 is 11.9. The molecule has 0 bridgehead atoms. The van der Waals surface area contributed by atoms with E-state index in [4.69, 9.17) is 23.2 Å². The summed E-state index contributed by atoms with van der Waals surface area (Å²) in [7, 11) is 0. The third kappa shape index (κ3) is 4.45. The van der Waals surface area contributed by atoms with Gasteiger partial charge in [0.25, 0.3) is 5.69 Å². The molecule has 0 heterocycles. The summed E-state index contributed by atoms with van der Waals surface area (Å²) in [6, 6.07) is 11.6. The topological polar surface area (TPSA) is 43.1 Å². The lowest BCUT2D eigenvalue weighted by Gasteiger charge is -1.97. The smallest absolute Gasteiger partial charge is 0.258 e. The van der Waals surface area contributed by atoms with E-state index >= 15 is 0 Å². The van der Waals surface area contributed by atoms with Crippen molar-refractivity contribution in [2.75, 3.05) is 0 Å². The van der Waals surface area contributed by atoms with E-state index in [9.17, 15) is 10.1 Å². The van der Waals surface area contributed by atoms with Crippen LogP contribution in [0.5, 0.6) is 0 Å². The average molecular weight is 320 g/mol. The van der Waals surface area contributed by atoms with Gasteiger partial charge in [-0.25, -0.2) is 0 Å². The molecule has 0 radical (unpaired) electrons. The molecule has 0 N–H and O–H groups in total. The number of allylic oxidation sites excluding steroid dienone is 2. The van der Waals surface area contributed by atoms with Crippen molar-refractivity contribution in [3.05, 3.63) is 85.9 Å². The van der Waals surface area contributed by atoms with E-state index in [1.54, 1.807) is 24.3 Å². The number of nitro groups is 1. The molecule has 0 fully saturated rings. The first-order chi connectivity index (χ1) is 10.1. The number of hydrogen-bond acceptors (Lipinski definition) is 2. The number of rotatable bonds is 4. The van der Waals surface area contributed by atoms with E-state index in [-0.39, 0.29) is 5.69 Å². The fraction of sp³-hybridized carbons (Fsp3) is 0. The molecule has 0 unspecified atom stereocenters. The van der Waals surface area contributed by atoms with Crippen LogP contribution in [0.2, 0.25) is 10.0 Å². The fourth-order valence-electron chi connectivity index (χ4n) is 1.67. The second-order valence-electron chi connectivity index (χ2n) is 4.23. The quantitative estimate of drug-likeness (QED) is 0.416. The van der Waals surface area contributed by atoms with E-state index in [1.807, 2.05) is 30.4 Å². The van der Waals surface area contributed by atoms with Crippen LogP contribution in [0.25, 0.3) is 12.2 Å². The van der Waals surface area contributed by atoms with Crippen LogP contribution in [0.15, 0.2) is 54.6 Å². The summed E-state index contributed by atoms with van der Waals surface area (Å²) in [5, 5.41) is 11.7. The molecule has 0 aliphatic heterocycles. The zero-order chi connectivity index (χ0) is 15.2. The van der Waals surface area contributed by atoms with Crippen LogP contribution in [0.1, 0.15) is 11.1 Å². The molecule has 3 nitrogen and oxygen atoms in total. The van der Waals surface area contributed by atoms with Gasteiger partial charge in [0.15, 0.2) is 0 Å². The Hall–Kier alpha value is -2.10. The van der Waals surface area contributed by atoms with Crippen LogP contribution < -0.4 is 0 Å². The molecule has 2 rings (SSSR count). The number of nitro benzene ring substituents is 1. The van der Waals surface area contributed by atoms with Crippen molar-refractivity contribution in [3.63, 3.8) is 0 Å². The fourth-order valence-corrected chi connectivity index (χ4v) is 2.14. The van der Waals surface area contributed by atoms with Crippen molar-refractivity contribution in [1.82, 2.24) is 0 Å². The lowest BCUT2D eigenvalue weighted by Crippen LogP contribution is -1.86. The first-order valence-electron chi connectivity index (χ1n) is 6.10. The van der Waals surface area contributed by atoms with E-state index < -0.39 is 4.92 Å². The standard InChI is InChI=1S/C16H11Cl2NO2/c17-14-8-7-13(16(18)11-14)4-2-1-3-12-5-9-15(10-6-12)19(20)21/h1-11H/b3-1-,4-2+. The molecule has 0 saturated heterocycles. The van der Waals surface area contributed by atoms with Crippen LogP contribution in [0.4, 0.5) is 5.69 Å². The lowest BCUT2D eigenvalue weighted by atomic mass is 10.1. The second kappa shape index (κ2) is 7.07. The Morgan fingerprint density at radius 3 is 2.24 bits per heavy atom. The normalized spacial score (nSPS) is 11.3. The molecule has 2 aromatic carbocycles. The van der Waals surface area contributed by atoms with Crippen LogP contribution in [0, 0.1) is 10.1 Å². The lowest BCUT2D eigenvalue weighted by molar-refractivity contribution is -0.384. The highest BCUT2D eigenvalue weighted by Crippen LogP contribution is 2.22. The summed E-state index contributed by atoms with van der Waals surface area (Å²) in [5.41, 5.74) is 1.83. The third-order valence-electron chi connectivity index (χ3n) is 2.74. The zero-order valence-electron chi connectivity index (χ0n) is 10.9. The predicted molar refractivity (Wildman–Crippen MR) is 87.6 cm³/mol. The Morgan fingerprint density at radius 2 is 1.62 bits per heavy atom. The van der Waals surface area contributed by atoms with E-state index in [0.717, 1.165) is 11.1 Å². The van der Waals surface area contributed by atoms with Crippen LogP contribution in [0.3, 0.4) is 0 Å². The molecule has 0 aromatic heterocycles.